The number of amides is 1. The van der Waals surface area contributed by atoms with Crippen molar-refractivity contribution in [3.8, 4) is 0 Å². The number of hydrogen-bond acceptors (Lipinski definition) is 3. The minimum absolute atomic E-state index is 0.162. The number of morpholine rings is 1. The van der Waals surface area contributed by atoms with Gasteiger partial charge in [-0.3, -0.25) is 4.79 Å². The van der Waals surface area contributed by atoms with Crippen molar-refractivity contribution in [1.29, 1.82) is 0 Å². The maximum absolute atomic E-state index is 12.4. The molecule has 1 aromatic heterocycles. The monoisotopic (exact) mass is 327 g/mol. The van der Waals surface area contributed by atoms with Crippen molar-refractivity contribution in [2.45, 2.75) is 38.2 Å². The van der Waals surface area contributed by atoms with Crippen LogP contribution in [0.4, 0.5) is 0 Å². The number of benzene rings is 1. The molecule has 4 heteroatoms. The van der Waals surface area contributed by atoms with Crippen LogP contribution < -0.4 is 0 Å². The first-order valence-corrected chi connectivity index (χ1v) is 8.77. The number of ether oxygens (including phenoxy) is 1. The Hall–Kier alpha value is -2.07. The molecule has 4 nitrogen and oxygen atoms in total. The fourth-order valence-electron chi connectivity index (χ4n) is 3.14. The summed E-state index contributed by atoms with van der Waals surface area (Å²) < 4.78 is 11.1. The molecule has 0 aliphatic carbocycles. The van der Waals surface area contributed by atoms with Crippen LogP contribution in [0.5, 0.6) is 0 Å². The van der Waals surface area contributed by atoms with Crippen molar-refractivity contribution in [2.75, 3.05) is 19.7 Å². The summed E-state index contributed by atoms with van der Waals surface area (Å²) in [5.41, 5.74) is 1.36. The molecule has 0 N–H and O–H groups in total. The van der Waals surface area contributed by atoms with Crippen molar-refractivity contribution >= 4 is 5.91 Å². The van der Waals surface area contributed by atoms with Gasteiger partial charge < -0.3 is 14.1 Å². The van der Waals surface area contributed by atoms with E-state index >= 15 is 0 Å². The third kappa shape index (κ3) is 4.96. The fourth-order valence-corrected chi connectivity index (χ4v) is 3.14. The van der Waals surface area contributed by atoms with Crippen molar-refractivity contribution in [1.82, 2.24) is 4.90 Å². The van der Waals surface area contributed by atoms with Crippen LogP contribution in [0.3, 0.4) is 0 Å². The number of carbonyl (C=O) groups is 1. The summed E-state index contributed by atoms with van der Waals surface area (Å²) in [5.74, 6) is 1.07. The van der Waals surface area contributed by atoms with E-state index in [2.05, 4.69) is 24.3 Å². The van der Waals surface area contributed by atoms with Crippen molar-refractivity contribution in [3.05, 3.63) is 60.1 Å². The number of hydrogen-bond donors (Lipinski definition) is 0. The molecule has 1 amide bonds. The van der Waals surface area contributed by atoms with Crippen LogP contribution in [0.15, 0.2) is 53.1 Å². The Balaban J connectivity index is 1.39. The van der Waals surface area contributed by atoms with Gasteiger partial charge in [-0.05, 0) is 37.0 Å². The van der Waals surface area contributed by atoms with E-state index in [4.69, 9.17) is 9.15 Å². The fraction of sp³-hybridized carbons (Fsp3) is 0.450. The highest BCUT2D eigenvalue weighted by atomic mass is 16.5. The lowest BCUT2D eigenvalue weighted by molar-refractivity contribution is -0.139. The van der Waals surface area contributed by atoms with E-state index < -0.39 is 0 Å². The topological polar surface area (TPSA) is 42.7 Å². The molecular weight excluding hydrogens is 302 g/mol. The maximum atomic E-state index is 12.4. The molecule has 0 bridgehead atoms. The van der Waals surface area contributed by atoms with Gasteiger partial charge in [0.2, 0.25) is 5.91 Å². The average Bonchev–Trinajstić information content (AvgIpc) is 3.14. The number of aryl methyl sites for hydroxylation is 2. The third-order valence-corrected chi connectivity index (χ3v) is 4.49. The van der Waals surface area contributed by atoms with Crippen LogP contribution in [0, 0.1) is 0 Å². The summed E-state index contributed by atoms with van der Waals surface area (Å²) in [4.78, 5) is 14.3. The summed E-state index contributed by atoms with van der Waals surface area (Å²) in [7, 11) is 0. The summed E-state index contributed by atoms with van der Waals surface area (Å²) in [5, 5.41) is 0. The first-order chi connectivity index (χ1) is 11.8. The van der Waals surface area contributed by atoms with E-state index in [1.54, 1.807) is 6.26 Å². The Bertz CT molecular complexity index is 609. The zero-order chi connectivity index (χ0) is 16.6. The lowest BCUT2D eigenvalue weighted by Gasteiger charge is -2.33. The average molecular weight is 327 g/mol. The molecule has 0 radical (unpaired) electrons. The van der Waals surface area contributed by atoms with Gasteiger partial charge in [-0.15, -0.1) is 0 Å². The molecule has 1 aromatic carbocycles. The van der Waals surface area contributed by atoms with Crippen LogP contribution >= 0.6 is 0 Å². The molecule has 1 atom stereocenters. The number of carbonyl (C=O) groups excluding carboxylic acids is 1. The largest absolute Gasteiger partial charge is 0.469 e. The minimum Gasteiger partial charge on any atom is -0.469 e. The minimum atomic E-state index is 0.162. The smallest absolute Gasteiger partial charge is 0.223 e. The van der Waals surface area contributed by atoms with Gasteiger partial charge in [-0.1, -0.05) is 30.3 Å². The molecule has 0 saturated carbocycles. The molecule has 0 unspecified atom stereocenters. The van der Waals surface area contributed by atoms with Gasteiger partial charge >= 0.3 is 0 Å². The molecule has 2 heterocycles. The molecule has 1 fully saturated rings. The van der Waals surface area contributed by atoms with Gasteiger partial charge in [0.1, 0.15) is 5.76 Å². The molecular formula is C20H25NO3. The number of furan rings is 1. The van der Waals surface area contributed by atoms with Crippen molar-refractivity contribution in [2.24, 2.45) is 0 Å². The van der Waals surface area contributed by atoms with E-state index in [9.17, 15) is 4.79 Å². The Morgan fingerprint density at radius 1 is 1.12 bits per heavy atom. The van der Waals surface area contributed by atoms with Crippen molar-refractivity contribution in [3.63, 3.8) is 0 Å². The SMILES string of the molecule is O=C(CCc1ccco1)N1CCO[C@H](CCCc2ccccc2)C1. The van der Waals surface area contributed by atoms with Crippen LogP contribution in [-0.2, 0) is 22.4 Å². The molecule has 1 saturated heterocycles. The van der Waals surface area contributed by atoms with Crippen LogP contribution in [0.25, 0.3) is 0 Å². The van der Waals surface area contributed by atoms with E-state index in [0.717, 1.165) is 25.0 Å². The zero-order valence-corrected chi connectivity index (χ0v) is 14.0. The number of rotatable bonds is 7. The summed E-state index contributed by atoms with van der Waals surface area (Å²) in [6.07, 6.45) is 6.13. The predicted octanol–water partition coefficient (Wildman–Crippen LogP) is 3.46. The summed E-state index contributed by atoms with van der Waals surface area (Å²) >= 11 is 0. The van der Waals surface area contributed by atoms with Crippen LogP contribution in [0.1, 0.15) is 30.6 Å². The van der Waals surface area contributed by atoms with E-state index in [1.807, 2.05) is 23.1 Å². The summed E-state index contributed by atoms with van der Waals surface area (Å²) in [6.45, 7) is 2.06. The second-order valence-electron chi connectivity index (χ2n) is 6.29. The third-order valence-electron chi connectivity index (χ3n) is 4.49. The Morgan fingerprint density at radius 2 is 2.00 bits per heavy atom. The Morgan fingerprint density at radius 3 is 2.79 bits per heavy atom. The predicted molar refractivity (Wildman–Crippen MR) is 92.7 cm³/mol. The van der Waals surface area contributed by atoms with Gasteiger partial charge in [0.25, 0.3) is 0 Å². The molecule has 0 spiro atoms. The van der Waals surface area contributed by atoms with Crippen LogP contribution in [-0.4, -0.2) is 36.6 Å². The zero-order valence-electron chi connectivity index (χ0n) is 14.0. The molecule has 2 aromatic rings. The lowest BCUT2D eigenvalue weighted by atomic mass is 10.0. The lowest BCUT2D eigenvalue weighted by Crippen LogP contribution is -2.45. The second kappa shape index (κ2) is 8.69. The quantitative estimate of drug-likeness (QED) is 0.782. The Labute approximate surface area is 143 Å². The van der Waals surface area contributed by atoms with E-state index in [-0.39, 0.29) is 12.0 Å². The molecule has 3 rings (SSSR count). The number of nitrogens with zero attached hydrogens (tertiary/aromatic N) is 1. The first-order valence-electron chi connectivity index (χ1n) is 8.77. The molecule has 128 valence electrons. The maximum Gasteiger partial charge on any atom is 0.223 e. The molecule has 1 aliphatic heterocycles. The van der Waals surface area contributed by atoms with Crippen LogP contribution in [0.2, 0.25) is 0 Å². The van der Waals surface area contributed by atoms with Gasteiger partial charge in [0, 0.05) is 25.9 Å². The van der Waals surface area contributed by atoms with Gasteiger partial charge in [0.15, 0.2) is 0 Å². The standard InChI is InChI=1S/C20H25NO3/c22-20(12-11-18-10-5-14-23-18)21-13-15-24-19(16-21)9-4-8-17-6-2-1-3-7-17/h1-3,5-7,10,14,19H,4,8-9,11-13,15-16H2/t19-/m1/s1. The Kier molecular flexibility index (Phi) is 6.07. The first kappa shape index (κ1) is 16.8. The van der Waals surface area contributed by atoms with Gasteiger partial charge in [-0.2, -0.15) is 0 Å². The molecule has 1 aliphatic rings. The second-order valence-corrected chi connectivity index (χ2v) is 6.29. The highest BCUT2D eigenvalue weighted by Crippen LogP contribution is 2.15. The van der Waals surface area contributed by atoms with E-state index in [1.165, 1.54) is 5.56 Å². The van der Waals surface area contributed by atoms with Crippen molar-refractivity contribution < 1.29 is 13.9 Å². The summed E-state index contributed by atoms with van der Waals surface area (Å²) in [6, 6.07) is 14.3. The van der Waals surface area contributed by atoms with Gasteiger partial charge in [-0.25, -0.2) is 0 Å². The van der Waals surface area contributed by atoms with E-state index in [0.29, 0.717) is 32.5 Å². The molecule has 24 heavy (non-hydrogen) atoms. The van der Waals surface area contributed by atoms with Gasteiger partial charge in [0.05, 0.1) is 19.0 Å². The normalized spacial score (nSPS) is 17.8. The highest BCUT2D eigenvalue weighted by Gasteiger charge is 2.23. The highest BCUT2D eigenvalue weighted by molar-refractivity contribution is 5.76.